The Labute approximate surface area is 126 Å². The minimum absolute atomic E-state index is 0.0188. The monoisotopic (exact) mass is 291 g/mol. The van der Waals surface area contributed by atoms with Crippen molar-refractivity contribution in [1.82, 2.24) is 15.1 Å². The summed E-state index contributed by atoms with van der Waals surface area (Å²) in [6.45, 7) is 6.42. The van der Waals surface area contributed by atoms with Crippen molar-refractivity contribution in [3.63, 3.8) is 0 Å². The molecule has 2 saturated heterocycles. The lowest BCUT2D eigenvalue weighted by Gasteiger charge is -2.32. The van der Waals surface area contributed by atoms with Gasteiger partial charge in [-0.3, -0.25) is 9.48 Å². The van der Waals surface area contributed by atoms with Crippen LogP contribution in [0.25, 0.3) is 0 Å². The molecule has 2 bridgehead atoms. The molecule has 2 aliphatic heterocycles. The third kappa shape index (κ3) is 2.84. The van der Waals surface area contributed by atoms with Crippen molar-refractivity contribution in [2.24, 2.45) is 18.4 Å². The lowest BCUT2D eigenvalue weighted by Crippen LogP contribution is -2.42. The van der Waals surface area contributed by atoms with E-state index in [2.05, 4.69) is 31.2 Å². The average Bonchev–Trinajstić information content (AvgIpc) is 3.09. The van der Waals surface area contributed by atoms with Crippen LogP contribution in [0.1, 0.15) is 51.6 Å². The Kier molecular flexibility index (Phi) is 3.56. The molecule has 0 aliphatic carbocycles. The van der Waals surface area contributed by atoms with Gasteiger partial charge in [0.2, 0.25) is 5.91 Å². The molecule has 3 rings (SSSR count). The number of hydrogen-bond donors (Lipinski definition) is 1. The van der Waals surface area contributed by atoms with Crippen LogP contribution in [0.2, 0.25) is 0 Å². The van der Waals surface area contributed by atoms with Crippen molar-refractivity contribution < 1.29 is 9.53 Å². The Morgan fingerprint density at radius 3 is 2.71 bits per heavy atom. The highest BCUT2D eigenvalue weighted by atomic mass is 16.5. The number of fused-ring (bicyclic) bond motifs is 2. The molecule has 5 nitrogen and oxygen atoms in total. The molecule has 21 heavy (non-hydrogen) atoms. The van der Waals surface area contributed by atoms with Crippen LogP contribution in [0.3, 0.4) is 0 Å². The molecule has 0 aromatic carbocycles. The Hall–Kier alpha value is -1.36. The van der Waals surface area contributed by atoms with Gasteiger partial charge in [0.05, 0.1) is 30.4 Å². The van der Waals surface area contributed by atoms with Gasteiger partial charge in [-0.15, -0.1) is 0 Å². The summed E-state index contributed by atoms with van der Waals surface area (Å²) in [6, 6.07) is -0.0298. The predicted molar refractivity (Wildman–Crippen MR) is 79.5 cm³/mol. The fourth-order valence-corrected chi connectivity index (χ4v) is 3.55. The largest absolute Gasteiger partial charge is 0.374 e. The van der Waals surface area contributed by atoms with Crippen LogP contribution in [-0.2, 0) is 16.6 Å². The Balaban J connectivity index is 1.74. The molecule has 0 saturated carbocycles. The number of aromatic nitrogens is 2. The van der Waals surface area contributed by atoms with Crippen molar-refractivity contribution in [2.45, 2.75) is 58.3 Å². The first-order valence-corrected chi connectivity index (χ1v) is 7.79. The third-order valence-corrected chi connectivity index (χ3v) is 4.65. The minimum atomic E-state index is -0.0584. The highest BCUT2D eigenvalue weighted by Gasteiger charge is 2.45. The van der Waals surface area contributed by atoms with E-state index in [9.17, 15) is 4.79 Å². The average molecular weight is 291 g/mol. The van der Waals surface area contributed by atoms with Crippen molar-refractivity contribution >= 4 is 5.91 Å². The SMILES string of the molecule is Cn1cc(C(NC(=O)C2CC3CCC2O3)C(C)(C)C)cn1. The van der Waals surface area contributed by atoms with Gasteiger partial charge in [-0.05, 0) is 24.7 Å². The Bertz CT molecular complexity index is 532. The number of nitrogens with one attached hydrogen (secondary N) is 1. The standard InChI is InChI=1S/C16H25N3O2/c1-16(2,3)14(10-8-17-19(4)9-10)18-15(20)12-7-11-5-6-13(12)21-11/h8-9,11-14H,5-7H2,1-4H3,(H,18,20). The first-order valence-electron chi connectivity index (χ1n) is 7.79. The summed E-state index contributed by atoms with van der Waals surface area (Å²) in [5, 5.41) is 7.48. The number of hydrogen-bond acceptors (Lipinski definition) is 3. The highest BCUT2D eigenvalue weighted by Crippen LogP contribution is 2.40. The first kappa shape index (κ1) is 14.6. The van der Waals surface area contributed by atoms with Gasteiger partial charge in [0, 0.05) is 18.8 Å². The van der Waals surface area contributed by atoms with Gasteiger partial charge in [0.15, 0.2) is 0 Å². The van der Waals surface area contributed by atoms with E-state index in [0.717, 1.165) is 24.8 Å². The second kappa shape index (κ2) is 5.13. The topological polar surface area (TPSA) is 56.2 Å². The summed E-state index contributed by atoms with van der Waals surface area (Å²) in [6.07, 6.45) is 7.26. The summed E-state index contributed by atoms with van der Waals surface area (Å²) in [4.78, 5) is 12.7. The normalized spacial score (nSPS) is 29.6. The second-order valence-electron chi connectivity index (χ2n) is 7.47. The van der Waals surface area contributed by atoms with Gasteiger partial charge in [-0.25, -0.2) is 0 Å². The van der Waals surface area contributed by atoms with Gasteiger partial charge in [-0.2, -0.15) is 5.10 Å². The molecule has 2 fully saturated rings. The number of nitrogens with zero attached hydrogens (tertiary/aromatic N) is 2. The van der Waals surface area contributed by atoms with Crippen molar-refractivity contribution in [2.75, 3.05) is 0 Å². The van der Waals surface area contributed by atoms with Gasteiger partial charge in [0.25, 0.3) is 0 Å². The molecule has 1 N–H and O–H groups in total. The molecule has 1 amide bonds. The molecule has 1 aromatic rings. The number of amides is 1. The van der Waals surface area contributed by atoms with E-state index in [4.69, 9.17) is 4.74 Å². The van der Waals surface area contributed by atoms with E-state index in [-0.39, 0.29) is 29.4 Å². The second-order valence-corrected chi connectivity index (χ2v) is 7.47. The zero-order valence-corrected chi connectivity index (χ0v) is 13.3. The van der Waals surface area contributed by atoms with E-state index >= 15 is 0 Å². The summed E-state index contributed by atoms with van der Waals surface area (Å²) in [7, 11) is 1.90. The molecule has 4 unspecified atom stereocenters. The Morgan fingerprint density at radius 2 is 2.24 bits per heavy atom. The van der Waals surface area contributed by atoms with Crippen LogP contribution in [0, 0.1) is 11.3 Å². The summed E-state index contributed by atoms with van der Waals surface area (Å²) < 4.78 is 7.58. The number of rotatable bonds is 3. The molecule has 4 atom stereocenters. The van der Waals surface area contributed by atoms with E-state index in [1.165, 1.54) is 0 Å². The molecule has 2 aliphatic rings. The van der Waals surface area contributed by atoms with Crippen LogP contribution in [0.5, 0.6) is 0 Å². The van der Waals surface area contributed by atoms with E-state index in [1.54, 1.807) is 4.68 Å². The molecular formula is C16H25N3O2. The summed E-state index contributed by atoms with van der Waals surface area (Å²) >= 11 is 0. The minimum Gasteiger partial charge on any atom is -0.374 e. The summed E-state index contributed by atoms with van der Waals surface area (Å²) in [5.41, 5.74) is 0.999. The molecule has 0 radical (unpaired) electrons. The van der Waals surface area contributed by atoms with Crippen LogP contribution in [0.4, 0.5) is 0 Å². The maximum Gasteiger partial charge on any atom is 0.226 e. The quantitative estimate of drug-likeness (QED) is 0.928. The zero-order valence-electron chi connectivity index (χ0n) is 13.3. The molecule has 5 heteroatoms. The third-order valence-electron chi connectivity index (χ3n) is 4.65. The van der Waals surface area contributed by atoms with Crippen LogP contribution < -0.4 is 5.32 Å². The predicted octanol–water partition coefficient (Wildman–Crippen LogP) is 2.19. The number of ether oxygens (including phenoxy) is 1. The Morgan fingerprint density at radius 1 is 1.48 bits per heavy atom. The fourth-order valence-electron chi connectivity index (χ4n) is 3.55. The maximum atomic E-state index is 12.7. The summed E-state index contributed by atoms with van der Waals surface area (Å²) in [5.74, 6) is 0.149. The lowest BCUT2D eigenvalue weighted by atomic mass is 9.82. The van der Waals surface area contributed by atoms with Crippen LogP contribution in [-0.4, -0.2) is 27.9 Å². The zero-order chi connectivity index (χ0) is 15.2. The lowest BCUT2D eigenvalue weighted by molar-refractivity contribution is -0.128. The molecule has 0 spiro atoms. The van der Waals surface area contributed by atoms with Crippen LogP contribution >= 0.6 is 0 Å². The van der Waals surface area contributed by atoms with Crippen molar-refractivity contribution in [1.29, 1.82) is 0 Å². The fraction of sp³-hybridized carbons (Fsp3) is 0.750. The van der Waals surface area contributed by atoms with Gasteiger partial charge in [0.1, 0.15) is 0 Å². The van der Waals surface area contributed by atoms with E-state index in [0.29, 0.717) is 6.10 Å². The van der Waals surface area contributed by atoms with Crippen molar-refractivity contribution in [3.05, 3.63) is 18.0 Å². The van der Waals surface area contributed by atoms with Gasteiger partial charge >= 0.3 is 0 Å². The smallest absolute Gasteiger partial charge is 0.226 e. The molecule has 3 heterocycles. The number of carbonyl (C=O) groups excluding carboxylic acids is 1. The van der Waals surface area contributed by atoms with E-state index in [1.807, 2.05) is 19.4 Å². The van der Waals surface area contributed by atoms with Gasteiger partial charge < -0.3 is 10.1 Å². The molecular weight excluding hydrogens is 266 g/mol. The molecule has 1 aromatic heterocycles. The van der Waals surface area contributed by atoms with Crippen LogP contribution in [0.15, 0.2) is 12.4 Å². The van der Waals surface area contributed by atoms with Gasteiger partial charge in [-0.1, -0.05) is 20.8 Å². The molecule has 116 valence electrons. The number of carbonyl (C=O) groups is 1. The highest BCUT2D eigenvalue weighted by molar-refractivity contribution is 5.80. The van der Waals surface area contributed by atoms with Crippen molar-refractivity contribution in [3.8, 4) is 0 Å². The van der Waals surface area contributed by atoms with E-state index < -0.39 is 0 Å². The number of aryl methyl sites for hydroxylation is 1. The first-order chi connectivity index (χ1) is 9.84. The maximum absolute atomic E-state index is 12.7.